The molecule has 1 heterocycles. The van der Waals surface area contributed by atoms with Crippen LogP contribution in [-0.2, 0) is 0 Å². The van der Waals surface area contributed by atoms with Crippen LogP contribution in [0.4, 0.5) is 0 Å². The van der Waals surface area contributed by atoms with Gasteiger partial charge in [-0.2, -0.15) is 0 Å². The molecular formula is C9H11N3O. The van der Waals surface area contributed by atoms with Crippen molar-refractivity contribution in [2.45, 2.75) is 18.9 Å². The topological polar surface area (TPSA) is 72.0 Å². The molecule has 0 aliphatic heterocycles. The highest BCUT2D eigenvalue weighted by molar-refractivity contribution is 5.95. The average Bonchev–Trinajstić information content (AvgIpc) is 2.89. The highest BCUT2D eigenvalue weighted by Gasteiger charge is 2.25. The highest BCUT2D eigenvalue weighted by Crippen LogP contribution is 2.27. The molecule has 0 bridgehead atoms. The lowest BCUT2D eigenvalue weighted by molar-refractivity contribution is 0.301. The van der Waals surface area contributed by atoms with Crippen LogP contribution in [0.5, 0.6) is 5.75 Å². The zero-order valence-corrected chi connectivity index (χ0v) is 7.16. The molecule has 1 aliphatic rings. The van der Waals surface area contributed by atoms with Crippen molar-refractivity contribution < 1.29 is 4.74 Å². The van der Waals surface area contributed by atoms with Crippen LogP contribution in [0, 0.1) is 5.41 Å². The van der Waals surface area contributed by atoms with Gasteiger partial charge in [-0.05, 0) is 25.0 Å². The number of pyridine rings is 1. The Morgan fingerprint density at radius 3 is 3.00 bits per heavy atom. The summed E-state index contributed by atoms with van der Waals surface area (Å²) in [6.45, 7) is 0. The molecule has 1 aliphatic carbocycles. The van der Waals surface area contributed by atoms with Gasteiger partial charge in [0.1, 0.15) is 17.3 Å². The largest absolute Gasteiger partial charge is 0.488 e. The molecule has 3 N–H and O–H groups in total. The molecule has 13 heavy (non-hydrogen) atoms. The van der Waals surface area contributed by atoms with Crippen molar-refractivity contribution in [3.8, 4) is 5.75 Å². The number of nitrogens with zero attached hydrogens (tertiary/aromatic N) is 1. The minimum absolute atomic E-state index is 0.0451. The molecule has 0 saturated heterocycles. The fraction of sp³-hybridized carbons (Fsp3) is 0.333. The van der Waals surface area contributed by atoms with Crippen LogP contribution in [0.2, 0.25) is 0 Å². The van der Waals surface area contributed by atoms with E-state index in [4.69, 9.17) is 15.9 Å². The molecule has 0 aromatic carbocycles. The van der Waals surface area contributed by atoms with Gasteiger partial charge in [0.2, 0.25) is 0 Å². The average molecular weight is 177 g/mol. The second-order valence-electron chi connectivity index (χ2n) is 3.08. The SMILES string of the molecule is N=C(N)c1ncccc1OC1CC1. The zero-order chi connectivity index (χ0) is 9.26. The van der Waals surface area contributed by atoms with Gasteiger partial charge < -0.3 is 10.5 Å². The first kappa shape index (κ1) is 8.04. The Kier molecular flexibility index (Phi) is 1.88. The third-order valence-electron chi connectivity index (χ3n) is 1.84. The van der Waals surface area contributed by atoms with Gasteiger partial charge >= 0.3 is 0 Å². The van der Waals surface area contributed by atoms with Gasteiger partial charge in [-0.15, -0.1) is 0 Å². The fourth-order valence-corrected chi connectivity index (χ4v) is 1.05. The maximum absolute atomic E-state index is 7.28. The summed E-state index contributed by atoms with van der Waals surface area (Å²) in [6.07, 6.45) is 4.09. The summed E-state index contributed by atoms with van der Waals surface area (Å²) in [6, 6.07) is 3.58. The number of rotatable bonds is 3. The third-order valence-corrected chi connectivity index (χ3v) is 1.84. The van der Waals surface area contributed by atoms with Crippen LogP contribution in [0.25, 0.3) is 0 Å². The monoisotopic (exact) mass is 177 g/mol. The van der Waals surface area contributed by atoms with E-state index in [2.05, 4.69) is 4.98 Å². The summed E-state index contributed by atoms with van der Waals surface area (Å²) in [4.78, 5) is 3.98. The lowest BCUT2D eigenvalue weighted by Crippen LogP contribution is -2.15. The quantitative estimate of drug-likeness (QED) is 0.532. The molecular weight excluding hydrogens is 166 g/mol. The minimum Gasteiger partial charge on any atom is -0.488 e. The van der Waals surface area contributed by atoms with Crippen molar-refractivity contribution in [2.75, 3.05) is 0 Å². The normalized spacial score (nSPS) is 15.4. The summed E-state index contributed by atoms with van der Waals surface area (Å²) in [5.41, 5.74) is 5.79. The van der Waals surface area contributed by atoms with E-state index in [9.17, 15) is 0 Å². The predicted octanol–water partition coefficient (Wildman–Crippen LogP) is 0.907. The van der Waals surface area contributed by atoms with E-state index in [1.807, 2.05) is 0 Å². The van der Waals surface area contributed by atoms with Crippen molar-refractivity contribution in [3.63, 3.8) is 0 Å². The number of hydrogen-bond donors (Lipinski definition) is 2. The first-order chi connectivity index (χ1) is 6.27. The van der Waals surface area contributed by atoms with Crippen molar-refractivity contribution in [2.24, 2.45) is 5.73 Å². The summed E-state index contributed by atoms with van der Waals surface area (Å²) in [7, 11) is 0. The van der Waals surface area contributed by atoms with Gasteiger partial charge in [0.05, 0.1) is 6.10 Å². The molecule has 0 radical (unpaired) electrons. The number of nitrogens with one attached hydrogen (secondary N) is 1. The first-order valence-corrected chi connectivity index (χ1v) is 4.23. The molecule has 1 aromatic heterocycles. The summed E-state index contributed by atoms with van der Waals surface area (Å²) in [5, 5.41) is 7.28. The molecule has 0 spiro atoms. The highest BCUT2D eigenvalue weighted by atomic mass is 16.5. The van der Waals surface area contributed by atoms with Crippen molar-refractivity contribution in [3.05, 3.63) is 24.0 Å². The smallest absolute Gasteiger partial charge is 0.149 e. The van der Waals surface area contributed by atoms with Crippen molar-refractivity contribution in [1.82, 2.24) is 4.98 Å². The molecule has 68 valence electrons. The number of amidine groups is 1. The number of ether oxygens (including phenoxy) is 1. The Morgan fingerprint density at radius 1 is 1.62 bits per heavy atom. The molecule has 4 nitrogen and oxygen atoms in total. The Labute approximate surface area is 76.2 Å². The Morgan fingerprint density at radius 2 is 2.38 bits per heavy atom. The molecule has 4 heteroatoms. The minimum atomic E-state index is -0.0451. The molecule has 0 atom stereocenters. The maximum atomic E-state index is 7.28. The molecule has 1 saturated carbocycles. The number of hydrogen-bond acceptors (Lipinski definition) is 3. The van der Waals surface area contributed by atoms with Crippen LogP contribution in [0.3, 0.4) is 0 Å². The van der Waals surface area contributed by atoms with Gasteiger partial charge in [0.25, 0.3) is 0 Å². The molecule has 0 unspecified atom stereocenters. The van der Waals surface area contributed by atoms with Crippen molar-refractivity contribution in [1.29, 1.82) is 5.41 Å². The van der Waals surface area contributed by atoms with E-state index in [1.54, 1.807) is 18.3 Å². The lowest BCUT2D eigenvalue weighted by atomic mass is 10.3. The molecule has 2 rings (SSSR count). The van der Waals surface area contributed by atoms with Gasteiger partial charge in [-0.1, -0.05) is 0 Å². The van der Waals surface area contributed by atoms with Gasteiger partial charge in [-0.3, -0.25) is 5.41 Å². The Hall–Kier alpha value is -1.58. The molecule has 1 aromatic rings. The lowest BCUT2D eigenvalue weighted by Gasteiger charge is -2.07. The number of nitrogen functional groups attached to an aromatic ring is 1. The van der Waals surface area contributed by atoms with Crippen LogP contribution >= 0.6 is 0 Å². The summed E-state index contributed by atoms with van der Waals surface area (Å²) in [5.74, 6) is 0.578. The molecule has 1 fully saturated rings. The van der Waals surface area contributed by atoms with Gasteiger partial charge in [0, 0.05) is 6.20 Å². The standard InChI is InChI=1S/C9H11N3O/c10-9(11)8-7(2-1-5-12-8)13-6-3-4-6/h1-2,5-6H,3-4H2,(H3,10,11). The van der Waals surface area contributed by atoms with E-state index >= 15 is 0 Å². The molecule has 0 amide bonds. The second kappa shape index (κ2) is 3.05. The van der Waals surface area contributed by atoms with E-state index in [0.29, 0.717) is 17.5 Å². The maximum Gasteiger partial charge on any atom is 0.149 e. The Bertz CT molecular complexity index is 333. The van der Waals surface area contributed by atoms with Crippen molar-refractivity contribution >= 4 is 5.84 Å². The predicted molar refractivity (Wildman–Crippen MR) is 48.9 cm³/mol. The number of nitrogens with two attached hydrogens (primary N) is 1. The van der Waals surface area contributed by atoms with E-state index in [1.165, 1.54) is 0 Å². The van der Waals surface area contributed by atoms with Crippen LogP contribution in [0.1, 0.15) is 18.5 Å². The summed E-state index contributed by atoms with van der Waals surface area (Å²) >= 11 is 0. The van der Waals surface area contributed by atoms with Crippen LogP contribution < -0.4 is 10.5 Å². The summed E-state index contributed by atoms with van der Waals surface area (Å²) < 4.78 is 5.53. The van der Waals surface area contributed by atoms with Crippen LogP contribution in [-0.4, -0.2) is 16.9 Å². The first-order valence-electron chi connectivity index (χ1n) is 4.23. The number of aromatic nitrogens is 1. The van der Waals surface area contributed by atoms with E-state index < -0.39 is 0 Å². The Balaban J connectivity index is 2.25. The van der Waals surface area contributed by atoms with E-state index in [0.717, 1.165) is 12.8 Å². The zero-order valence-electron chi connectivity index (χ0n) is 7.16. The van der Waals surface area contributed by atoms with E-state index in [-0.39, 0.29) is 5.84 Å². The second-order valence-corrected chi connectivity index (χ2v) is 3.08. The van der Waals surface area contributed by atoms with Gasteiger partial charge in [-0.25, -0.2) is 4.98 Å². The van der Waals surface area contributed by atoms with Gasteiger partial charge in [0.15, 0.2) is 0 Å². The fourth-order valence-electron chi connectivity index (χ4n) is 1.05. The third kappa shape index (κ3) is 1.77. The van der Waals surface area contributed by atoms with Crippen LogP contribution in [0.15, 0.2) is 18.3 Å².